The quantitative estimate of drug-likeness (QED) is 0.194. The molecule has 0 amide bonds. The Kier molecular flexibility index (Phi) is 7.75. The van der Waals surface area contributed by atoms with E-state index in [1.807, 2.05) is 0 Å². The number of aliphatic hydroxyl groups excluding tert-OH is 1. The lowest BCUT2D eigenvalue weighted by molar-refractivity contribution is -0.274. The third-order valence-electron chi connectivity index (χ3n) is 5.91. The molecule has 0 aliphatic carbocycles. The van der Waals surface area contributed by atoms with Crippen molar-refractivity contribution in [3.8, 4) is 5.75 Å². The molecule has 2 N–H and O–H groups in total. The summed E-state index contributed by atoms with van der Waals surface area (Å²) in [6.45, 7) is 0. The van der Waals surface area contributed by atoms with Gasteiger partial charge in [0.1, 0.15) is 12.0 Å². The van der Waals surface area contributed by atoms with E-state index in [9.17, 15) is 31.4 Å². The van der Waals surface area contributed by atoms with Crippen LogP contribution in [0.25, 0.3) is 0 Å². The van der Waals surface area contributed by atoms with Crippen LogP contribution in [0.1, 0.15) is 34.2 Å². The average molecular weight is 532 g/mol. The molecular formula is C28H22F6N2O2. The smallest absolute Gasteiger partial charge is 0.406 e. The number of aliphatic hydroxyl groups is 1. The van der Waals surface area contributed by atoms with E-state index < -0.39 is 35.6 Å². The molecule has 1 heterocycles. The third kappa shape index (κ3) is 6.51. The van der Waals surface area contributed by atoms with Gasteiger partial charge in [0.25, 0.3) is 0 Å². The van der Waals surface area contributed by atoms with Crippen molar-refractivity contribution in [2.24, 2.45) is 0 Å². The van der Waals surface area contributed by atoms with Crippen molar-refractivity contribution in [2.45, 2.75) is 30.7 Å². The van der Waals surface area contributed by atoms with Crippen molar-refractivity contribution in [1.29, 1.82) is 0 Å². The zero-order chi connectivity index (χ0) is 27.4. The molecule has 4 aromatic rings. The number of alkyl halides is 6. The van der Waals surface area contributed by atoms with Crippen molar-refractivity contribution < 1.29 is 36.2 Å². The second-order valence-electron chi connectivity index (χ2n) is 8.52. The van der Waals surface area contributed by atoms with Gasteiger partial charge in [-0.3, -0.25) is 10.3 Å². The van der Waals surface area contributed by atoms with E-state index >= 15 is 0 Å². The molecule has 10 heteroatoms. The Hall–Kier alpha value is -3.89. The van der Waals surface area contributed by atoms with Crippen LogP contribution in [-0.4, -0.2) is 16.5 Å². The molecule has 198 valence electrons. The Morgan fingerprint density at radius 1 is 0.763 bits per heavy atom. The first kappa shape index (κ1) is 27.2. The van der Waals surface area contributed by atoms with Crippen LogP contribution in [-0.2, 0) is 18.1 Å². The molecule has 2 atom stereocenters. The van der Waals surface area contributed by atoms with Gasteiger partial charge in [-0.2, -0.15) is 13.2 Å². The number of halogens is 6. The number of benzene rings is 3. The summed E-state index contributed by atoms with van der Waals surface area (Å²) in [4.78, 5) is 4.42. The number of ether oxygens (including phenoxy) is 1. The SMILES string of the molecule is OC(NC(Cc1ccccc1)(c1cccc(C(F)(F)F)c1)c1ccccn1)c1ccc(OC(F)(F)F)cc1. The van der Waals surface area contributed by atoms with Crippen LogP contribution < -0.4 is 10.1 Å². The van der Waals surface area contributed by atoms with Gasteiger partial charge < -0.3 is 9.84 Å². The van der Waals surface area contributed by atoms with E-state index in [0.29, 0.717) is 5.69 Å². The van der Waals surface area contributed by atoms with Gasteiger partial charge in [0.15, 0.2) is 0 Å². The molecule has 0 fully saturated rings. The normalized spacial score (nSPS) is 14.5. The Balaban J connectivity index is 1.82. The summed E-state index contributed by atoms with van der Waals surface area (Å²) in [5, 5.41) is 14.2. The maximum atomic E-state index is 13.7. The Morgan fingerprint density at radius 3 is 2.03 bits per heavy atom. The fourth-order valence-corrected chi connectivity index (χ4v) is 4.20. The lowest BCUT2D eigenvalue weighted by Crippen LogP contribution is -2.48. The largest absolute Gasteiger partial charge is 0.573 e. The number of rotatable bonds is 8. The van der Waals surface area contributed by atoms with Crippen LogP contribution in [0.3, 0.4) is 0 Å². The molecule has 0 saturated carbocycles. The molecule has 4 nitrogen and oxygen atoms in total. The van der Waals surface area contributed by atoms with Gasteiger partial charge in [-0.05, 0) is 53.1 Å². The minimum absolute atomic E-state index is 0.0957. The number of hydrogen-bond acceptors (Lipinski definition) is 4. The van der Waals surface area contributed by atoms with Gasteiger partial charge in [0.2, 0.25) is 0 Å². The summed E-state index contributed by atoms with van der Waals surface area (Å²) in [5.41, 5.74) is -0.924. The molecular weight excluding hydrogens is 510 g/mol. The Labute approximate surface area is 214 Å². The number of nitrogens with zero attached hydrogens (tertiary/aromatic N) is 1. The van der Waals surface area contributed by atoms with E-state index in [-0.39, 0.29) is 17.5 Å². The first-order chi connectivity index (χ1) is 18.0. The van der Waals surface area contributed by atoms with E-state index in [1.54, 1.807) is 48.5 Å². The molecule has 0 aliphatic rings. The van der Waals surface area contributed by atoms with E-state index in [2.05, 4.69) is 15.0 Å². The maximum Gasteiger partial charge on any atom is 0.573 e. The summed E-state index contributed by atoms with van der Waals surface area (Å²) in [7, 11) is 0. The van der Waals surface area contributed by atoms with Gasteiger partial charge in [-0.1, -0.05) is 60.7 Å². The number of pyridine rings is 1. The highest BCUT2D eigenvalue weighted by atomic mass is 19.4. The first-order valence-corrected chi connectivity index (χ1v) is 11.4. The van der Waals surface area contributed by atoms with Gasteiger partial charge in [-0.25, -0.2) is 0 Å². The lowest BCUT2D eigenvalue weighted by Gasteiger charge is -2.38. The molecule has 4 rings (SSSR count). The molecule has 0 aliphatic heterocycles. The van der Waals surface area contributed by atoms with E-state index in [4.69, 9.17) is 0 Å². The van der Waals surface area contributed by atoms with Crippen LogP contribution in [0.4, 0.5) is 26.3 Å². The van der Waals surface area contributed by atoms with Gasteiger partial charge in [-0.15, -0.1) is 13.2 Å². The maximum absolute atomic E-state index is 13.7. The molecule has 1 aromatic heterocycles. The zero-order valence-corrected chi connectivity index (χ0v) is 19.7. The summed E-state index contributed by atoms with van der Waals surface area (Å²) in [6, 6.07) is 23.2. The summed E-state index contributed by atoms with van der Waals surface area (Å²) < 4.78 is 82.6. The highest BCUT2D eigenvalue weighted by molar-refractivity contribution is 5.41. The molecule has 0 saturated heterocycles. The van der Waals surface area contributed by atoms with Crippen LogP contribution in [0.2, 0.25) is 0 Å². The van der Waals surface area contributed by atoms with Crippen molar-refractivity contribution in [2.75, 3.05) is 0 Å². The summed E-state index contributed by atoms with van der Waals surface area (Å²) in [6.07, 6.45) is -9.43. The average Bonchev–Trinajstić information content (AvgIpc) is 2.88. The fourth-order valence-electron chi connectivity index (χ4n) is 4.20. The third-order valence-corrected chi connectivity index (χ3v) is 5.91. The molecule has 38 heavy (non-hydrogen) atoms. The van der Waals surface area contributed by atoms with Crippen molar-refractivity contribution >= 4 is 0 Å². The first-order valence-electron chi connectivity index (χ1n) is 11.4. The summed E-state index contributed by atoms with van der Waals surface area (Å²) >= 11 is 0. The second-order valence-corrected chi connectivity index (χ2v) is 8.52. The van der Waals surface area contributed by atoms with Crippen LogP contribution >= 0.6 is 0 Å². The predicted molar refractivity (Wildman–Crippen MR) is 128 cm³/mol. The van der Waals surface area contributed by atoms with Crippen LogP contribution in [0.5, 0.6) is 5.75 Å². The lowest BCUT2D eigenvalue weighted by atomic mass is 9.79. The minimum atomic E-state index is -4.88. The molecule has 2 unspecified atom stereocenters. The molecule has 0 bridgehead atoms. The fraction of sp³-hybridized carbons (Fsp3) is 0.179. The Bertz CT molecular complexity index is 1330. The number of aromatic nitrogens is 1. The minimum Gasteiger partial charge on any atom is -0.406 e. The Morgan fingerprint density at radius 2 is 1.42 bits per heavy atom. The van der Waals surface area contributed by atoms with Crippen molar-refractivity contribution in [1.82, 2.24) is 10.3 Å². The number of nitrogens with one attached hydrogen (secondary N) is 1. The van der Waals surface area contributed by atoms with Crippen molar-refractivity contribution in [3.63, 3.8) is 0 Å². The monoisotopic (exact) mass is 532 g/mol. The van der Waals surface area contributed by atoms with Crippen LogP contribution in [0, 0.1) is 0 Å². The second kappa shape index (κ2) is 10.8. The van der Waals surface area contributed by atoms with Gasteiger partial charge in [0, 0.05) is 12.6 Å². The predicted octanol–water partition coefficient (Wildman–Crippen LogP) is 6.77. The highest BCUT2D eigenvalue weighted by Crippen LogP contribution is 2.38. The van der Waals surface area contributed by atoms with Gasteiger partial charge in [0.05, 0.1) is 16.8 Å². The highest BCUT2D eigenvalue weighted by Gasteiger charge is 2.40. The van der Waals surface area contributed by atoms with Crippen molar-refractivity contribution in [3.05, 3.63) is 131 Å². The topological polar surface area (TPSA) is 54.4 Å². The molecule has 0 spiro atoms. The molecule has 3 aromatic carbocycles. The standard InChI is InChI=1S/C28H22F6N2O2/c29-27(30,31)22-10-6-9-21(17-22)26(24-11-4-5-16-35-24,18-19-7-2-1-3-8-19)36-25(37)20-12-14-23(15-13-20)38-28(32,33)34/h1-17,25,36-37H,18H2. The summed E-state index contributed by atoms with van der Waals surface area (Å²) in [5.74, 6) is -0.480. The van der Waals surface area contributed by atoms with E-state index in [1.165, 1.54) is 30.5 Å². The van der Waals surface area contributed by atoms with Crippen LogP contribution in [0.15, 0.2) is 103 Å². The molecule has 0 radical (unpaired) electrons. The van der Waals surface area contributed by atoms with Gasteiger partial charge >= 0.3 is 12.5 Å². The van der Waals surface area contributed by atoms with E-state index in [0.717, 1.165) is 29.8 Å². The zero-order valence-electron chi connectivity index (χ0n) is 19.7. The number of hydrogen-bond donors (Lipinski definition) is 2.